The molecule has 104 valence electrons. The van der Waals surface area contributed by atoms with E-state index in [1.807, 2.05) is 0 Å². The molecule has 1 aromatic rings. The number of hydrogen-bond acceptors (Lipinski definition) is 5. The van der Waals surface area contributed by atoms with Crippen molar-refractivity contribution in [3.05, 3.63) is 34.1 Å². The number of anilines is 1. The molecule has 6 nitrogen and oxygen atoms in total. The van der Waals surface area contributed by atoms with Crippen molar-refractivity contribution < 1.29 is 18.8 Å². The van der Waals surface area contributed by atoms with Crippen molar-refractivity contribution in [1.29, 1.82) is 0 Å². The maximum atomic E-state index is 13.0. The molecule has 1 atom stereocenters. The van der Waals surface area contributed by atoms with Crippen LogP contribution in [0.4, 0.5) is 15.8 Å². The van der Waals surface area contributed by atoms with Crippen LogP contribution in [0.1, 0.15) is 13.8 Å². The molecule has 0 heterocycles. The Kier molecular flexibility index (Phi) is 4.80. The van der Waals surface area contributed by atoms with Gasteiger partial charge >= 0.3 is 5.97 Å². The third-order valence-corrected chi connectivity index (χ3v) is 2.59. The van der Waals surface area contributed by atoms with Crippen molar-refractivity contribution in [3.8, 4) is 0 Å². The number of nitro benzene ring substituents is 1. The van der Waals surface area contributed by atoms with Gasteiger partial charge in [-0.2, -0.15) is 0 Å². The van der Waals surface area contributed by atoms with Gasteiger partial charge in [-0.1, -0.05) is 13.8 Å². The van der Waals surface area contributed by atoms with Crippen molar-refractivity contribution in [3.63, 3.8) is 0 Å². The third-order valence-electron chi connectivity index (χ3n) is 2.59. The summed E-state index contributed by atoms with van der Waals surface area (Å²) in [5.74, 6) is -1.39. The van der Waals surface area contributed by atoms with Gasteiger partial charge in [0.25, 0.3) is 5.69 Å². The summed E-state index contributed by atoms with van der Waals surface area (Å²) in [6.45, 7) is 3.54. The van der Waals surface area contributed by atoms with Crippen LogP contribution in [-0.4, -0.2) is 24.0 Å². The molecule has 0 aliphatic carbocycles. The summed E-state index contributed by atoms with van der Waals surface area (Å²) in [5, 5.41) is 13.6. The quantitative estimate of drug-likeness (QED) is 0.504. The molecule has 1 aromatic carbocycles. The highest BCUT2D eigenvalue weighted by atomic mass is 19.1. The number of nitrogens with zero attached hydrogens (tertiary/aromatic N) is 1. The summed E-state index contributed by atoms with van der Waals surface area (Å²) >= 11 is 0. The van der Waals surface area contributed by atoms with Gasteiger partial charge in [-0.05, 0) is 18.1 Å². The van der Waals surface area contributed by atoms with E-state index < -0.39 is 28.4 Å². The zero-order valence-corrected chi connectivity index (χ0v) is 10.8. The number of ether oxygens (including phenoxy) is 1. The first-order chi connectivity index (χ1) is 8.86. The lowest BCUT2D eigenvalue weighted by Crippen LogP contribution is -2.35. The molecule has 0 aromatic heterocycles. The fourth-order valence-corrected chi connectivity index (χ4v) is 1.57. The number of carbonyl (C=O) groups excluding carboxylic acids is 1. The van der Waals surface area contributed by atoms with Crippen molar-refractivity contribution in [2.75, 3.05) is 12.4 Å². The second-order valence-electron chi connectivity index (χ2n) is 4.31. The average Bonchev–Trinajstić information content (AvgIpc) is 2.35. The highest BCUT2D eigenvalue weighted by molar-refractivity contribution is 5.80. The normalized spacial score (nSPS) is 12.1. The van der Waals surface area contributed by atoms with E-state index in [4.69, 9.17) is 0 Å². The molecule has 0 spiro atoms. The highest BCUT2D eigenvalue weighted by Crippen LogP contribution is 2.26. The average molecular weight is 270 g/mol. The Labute approximate surface area is 109 Å². The first-order valence-corrected chi connectivity index (χ1v) is 5.65. The number of halogens is 1. The predicted molar refractivity (Wildman–Crippen MR) is 67.3 cm³/mol. The summed E-state index contributed by atoms with van der Waals surface area (Å²) in [6.07, 6.45) is 0. The Morgan fingerprint density at radius 3 is 2.58 bits per heavy atom. The number of nitrogens with one attached hydrogen (secondary N) is 1. The minimum absolute atomic E-state index is 0.0792. The molecule has 0 radical (unpaired) electrons. The molecular formula is C12H15FN2O4. The number of rotatable bonds is 5. The topological polar surface area (TPSA) is 81.5 Å². The lowest BCUT2D eigenvalue weighted by molar-refractivity contribution is -0.384. The van der Waals surface area contributed by atoms with Gasteiger partial charge in [-0.3, -0.25) is 10.1 Å². The van der Waals surface area contributed by atoms with Crippen LogP contribution in [0.15, 0.2) is 18.2 Å². The number of nitro groups is 1. The Hall–Kier alpha value is -2.18. The van der Waals surface area contributed by atoms with Gasteiger partial charge in [0.1, 0.15) is 17.5 Å². The molecule has 1 unspecified atom stereocenters. The van der Waals surface area contributed by atoms with Gasteiger partial charge < -0.3 is 10.1 Å². The van der Waals surface area contributed by atoms with E-state index >= 15 is 0 Å². The number of carbonyl (C=O) groups is 1. The summed E-state index contributed by atoms with van der Waals surface area (Å²) in [7, 11) is 1.23. The van der Waals surface area contributed by atoms with Gasteiger partial charge in [-0.15, -0.1) is 0 Å². The Morgan fingerprint density at radius 1 is 1.47 bits per heavy atom. The minimum atomic E-state index is -0.742. The lowest BCUT2D eigenvalue weighted by Gasteiger charge is -2.20. The van der Waals surface area contributed by atoms with E-state index in [2.05, 4.69) is 10.1 Å². The molecule has 1 N–H and O–H groups in total. The maximum absolute atomic E-state index is 13.0. The zero-order valence-electron chi connectivity index (χ0n) is 10.8. The van der Waals surface area contributed by atoms with E-state index in [0.717, 1.165) is 12.1 Å². The van der Waals surface area contributed by atoms with E-state index in [9.17, 15) is 19.3 Å². The van der Waals surface area contributed by atoms with Crippen molar-refractivity contribution >= 4 is 17.3 Å². The highest BCUT2D eigenvalue weighted by Gasteiger charge is 2.26. The summed E-state index contributed by atoms with van der Waals surface area (Å²) < 4.78 is 17.6. The fourth-order valence-electron chi connectivity index (χ4n) is 1.57. The third kappa shape index (κ3) is 3.64. The van der Waals surface area contributed by atoms with Crippen molar-refractivity contribution in [2.45, 2.75) is 19.9 Å². The second-order valence-corrected chi connectivity index (χ2v) is 4.31. The molecule has 0 aliphatic rings. The molecule has 0 aliphatic heterocycles. The van der Waals surface area contributed by atoms with Gasteiger partial charge in [0, 0.05) is 0 Å². The van der Waals surface area contributed by atoms with Gasteiger partial charge in [0.15, 0.2) is 0 Å². The van der Waals surface area contributed by atoms with Crippen LogP contribution in [0.3, 0.4) is 0 Å². The van der Waals surface area contributed by atoms with Crippen molar-refractivity contribution in [1.82, 2.24) is 0 Å². The maximum Gasteiger partial charge on any atom is 0.328 e. The van der Waals surface area contributed by atoms with Crippen LogP contribution < -0.4 is 5.32 Å². The molecular weight excluding hydrogens is 255 g/mol. The molecule has 0 fully saturated rings. The van der Waals surface area contributed by atoms with E-state index in [1.54, 1.807) is 13.8 Å². The first kappa shape index (κ1) is 14.9. The fraction of sp³-hybridized carbons (Fsp3) is 0.417. The van der Waals surface area contributed by atoms with Crippen molar-refractivity contribution in [2.24, 2.45) is 5.92 Å². The molecule has 0 saturated carbocycles. The SMILES string of the molecule is COC(=O)C(Nc1ccc(F)cc1[N+](=O)[O-])C(C)C. The molecule has 0 bridgehead atoms. The van der Waals surface area contributed by atoms with Gasteiger partial charge in [0.2, 0.25) is 0 Å². The van der Waals surface area contributed by atoms with E-state index in [-0.39, 0.29) is 11.6 Å². The number of esters is 1. The molecule has 1 rings (SSSR count). The smallest absolute Gasteiger partial charge is 0.328 e. The Balaban J connectivity index is 3.09. The first-order valence-electron chi connectivity index (χ1n) is 5.65. The minimum Gasteiger partial charge on any atom is -0.467 e. The standard InChI is InChI=1S/C12H15FN2O4/c1-7(2)11(12(16)19-3)14-9-5-4-8(13)6-10(9)15(17)18/h4-7,11,14H,1-3H3. The van der Waals surface area contributed by atoms with Crippen LogP contribution >= 0.6 is 0 Å². The Morgan fingerprint density at radius 2 is 2.11 bits per heavy atom. The lowest BCUT2D eigenvalue weighted by atomic mass is 10.0. The van der Waals surface area contributed by atoms with Crippen LogP contribution in [0.2, 0.25) is 0 Å². The zero-order chi connectivity index (χ0) is 14.6. The van der Waals surface area contributed by atoms with Crippen LogP contribution in [0, 0.1) is 21.8 Å². The van der Waals surface area contributed by atoms with Crippen LogP contribution in [0.5, 0.6) is 0 Å². The molecule has 0 saturated heterocycles. The summed E-state index contributed by atoms with van der Waals surface area (Å²) in [5.41, 5.74) is -0.343. The molecule has 0 amide bonds. The second kappa shape index (κ2) is 6.12. The van der Waals surface area contributed by atoms with Gasteiger partial charge in [-0.25, -0.2) is 9.18 Å². The van der Waals surface area contributed by atoms with E-state index in [0.29, 0.717) is 0 Å². The van der Waals surface area contributed by atoms with Crippen LogP contribution in [0.25, 0.3) is 0 Å². The van der Waals surface area contributed by atoms with E-state index in [1.165, 1.54) is 13.2 Å². The Bertz CT molecular complexity index is 491. The number of hydrogen-bond donors (Lipinski definition) is 1. The molecule has 19 heavy (non-hydrogen) atoms. The summed E-state index contributed by atoms with van der Waals surface area (Å²) in [6, 6.07) is 2.38. The molecule has 7 heteroatoms. The summed E-state index contributed by atoms with van der Waals surface area (Å²) in [4.78, 5) is 21.7. The number of benzene rings is 1. The largest absolute Gasteiger partial charge is 0.467 e. The monoisotopic (exact) mass is 270 g/mol. The predicted octanol–water partition coefficient (Wildman–Crippen LogP) is 2.34. The number of methoxy groups -OCH3 is 1. The van der Waals surface area contributed by atoms with Gasteiger partial charge in [0.05, 0.1) is 18.1 Å². The van der Waals surface area contributed by atoms with Crippen LogP contribution in [-0.2, 0) is 9.53 Å².